The molecule has 0 amide bonds. The van der Waals surface area contributed by atoms with Gasteiger partial charge in [0.15, 0.2) is 0 Å². The molecule has 66 valence electrons. The van der Waals surface area contributed by atoms with Crippen molar-refractivity contribution in [1.82, 2.24) is 4.98 Å². The van der Waals surface area contributed by atoms with Crippen molar-refractivity contribution in [2.24, 2.45) is 0 Å². The minimum absolute atomic E-state index is 0.515. The van der Waals surface area contributed by atoms with Crippen molar-refractivity contribution in [3.8, 4) is 11.3 Å². The molecular weight excluding hydrogens is 345 g/mol. The molecule has 1 heterocycles. The fraction of sp³-hybridized carbons (Fsp3) is 0. The van der Waals surface area contributed by atoms with Gasteiger partial charge in [0, 0.05) is 25.1 Å². The third-order valence-electron chi connectivity index (χ3n) is 1.62. The number of aromatic nitrogens is 1. The summed E-state index contributed by atoms with van der Waals surface area (Å²) in [5.41, 5.74) is 1.91. The molecule has 0 saturated heterocycles. The van der Waals surface area contributed by atoms with Crippen LogP contribution in [0.15, 0.2) is 39.7 Å². The molecule has 0 N–H and O–H groups in total. The highest BCUT2D eigenvalue weighted by atomic mass is 127. The topological polar surface area (TPSA) is 26.0 Å². The third-order valence-corrected chi connectivity index (χ3v) is 2.70. The van der Waals surface area contributed by atoms with E-state index in [1.165, 1.54) is 3.57 Å². The largest absolute Gasteiger partial charge is 0.439 e. The van der Waals surface area contributed by atoms with Crippen molar-refractivity contribution in [1.29, 1.82) is 0 Å². The lowest BCUT2D eigenvalue weighted by molar-refractivity contribution is 0.529. The number of halogens is 2. The highest BCUT2D eigenvalue weighted by Crippen LogP contribution is 2.21. The minimum atomic E-state index is 0.515. The predicted octanol–water partition coefficient (Wildman–Crippen LogP) is 3.71. The van der Waals surface area contributed by atoms with Crippen LogP contribution in [0.2, 0.25) is 0 Å². The fourth-order valence-electron chi connectivity index (χ4n) is 1.01. The summed E-state index contributed by atoms with van der Waals surface area (Å²) >= 11 is 5.43. The summed E-state index contributed by atoms with van der Waals surface area (Å²) in [6.45, 7) is 0. The number of hydrogen-bond acceptors (Lipinski definition) is 2. The number of benzene rings is 1. The molecule has 0 bridgehead atoms. The maximum absolute atomic E-state index is 5.05. The highest BCUT2D eigenvalue weighted by molar-refractivity contribution is 14.1. The fourth-order valence-corrected chi connectivity index (χ4v) is 1.65. The van der Waals surface area contributed by atoms with E-state index >= 15 is 0 Å². The quantitative estimate of drug-likeness (QED) is 0.733. The molecule has 4 heteroatoms. The van der Waals surface area contributed by atoms with E-state index in [0.29, 0.717) is 4.80 Å². The molecule has 0 aliphatic heterocycles. The number of nitrogens with zero attached hydrogens (tertiary/aromatic N) is 1. The average molecular weight is 350 g/mol. The van der Waals surface area contributed by atoms with Gasteiger partial charge in [-0.15, -0.1) is 0 Å². The van der Waals surface area contributed by atoms with Gasteiger partial charge in [-0.05, 0) is 34.7 Å². The van der Waals surface area contributed by atoms with Crippen LogP contribution in [0.4, 0.5) is 0 Å². The summed E-state index contributed by atoms with van der Waals surface area (Å²) in [6.07, 6.45) is 1.63. The Morgan fingerprint density at radius 2 is 1.92 bits per heavy atom. The smallest absolute Gasteiger partial charge is 0.264 e. The Bertz CT molecular complexity index is 410. The van der Waals surface area contributed by atoms with Crippen LogP contribution in [0.3, 0.4) is 0 Å². The van der Waals surface area contributed by atoms with Gasteiger partial charge in [-0.3, -0.25) is 0 Å². The van der Waals surface area contributed by atoms with Crippen molar-refractivity contribution in [2.75, 3.05) is 0 Å². The molecule has 2 aromatic rings. The van der Waals surface area contributed by atoms with E-state index in [1.54, 1.807) is 6.26 Å². The maximum Gasteiger partial charge on any atom is 0.264 e. The monoisotopic (exact) mass is 349 g/mol. The second-order valence-electron chi connectivity index (χ2n) is 2.49. The van der Waals surface area contributed by atoms with Crippen LogP contribution in [0.5, 0.6) is 0 Å². The van der Waals surface area contributed by atoms with Gasteiger partial charge >= 0.3 is 0 Å². The normalized spacial score (nSPS) is 10.3. The Kier molecular flexibility index (Phi) is 2.69. The highest BCUT2D eigenvalue weighted by Gasteiger charge is 2.02. The second kappa shape index (κ2) is 3.79. The summed E-state index contributed by atoms with van der Waals surface area (Å²) < 4.78 is 6.26. The third kappa shape index (κ3) is 2.11. The summed E-state index contributed by atoms with van der Waals surface area (Å²) in [5, 5.41) is 0. The molecule has 0 radical (unpaired) electrons. The molecule has 2 nitrogen and oxygen atoms in total. The van der Waals surface area contributed by atoms with Gasteiger partial charge in [-0.25, -0.2) is 4.98 Å². The number of oxazole rings is 1. The van der Waals surface area contributed by atoms with Crippen LogP contribution < -0.4 is 0 Å². The van der Waals surface area contributed by atoms with Gasteiger partial charge in [0.1, 0.15) is 12.0 Å². The molecule has 13 heavy (non-hydrogen) atoms. The molecule has 0 spiro atoms. The van der Waals surface area contributed by atoms with E-state index in [9.17, 15) is 0 Å². The molecule has 0 aliphatic carbocycles. The zero-order chi connectivity index (χ0) is 9.26. The van der Waals surface area contributed by atoms with Crippen LogP contribution in [0, 0.1) is 3.57 Å². The van der Waals surface area contributed by atoms with Crippen LogP contribution >= 0.6 is 38.5 Å². The van der Waals surface area contributed by atoms with Crippen molar-refractivity contribution in [3.63, 3.8) is 0 Å². The molecule has 0 aliphatic rings. The Morgan fingerprint density at radius 3 is 2.46 bits per heavy atom. The SMILES string of the molecule is Brc1nc(-c2ccc(I)cc2)co1. The van der Waals surface area contributed by atoms with E-state index in [2.05, 4.69) is 43.5 Å². The number of hydrogen-bond donors (Lipinski definition) is 0. The standard InChI is InChI=1S/C9H5BrINO/c10-9-12-8(5-13-9)6-1-3-7(11)4-2-6/h1-5H. The summed E-state index contributed by atoms with van der Waals surface area (Å²) in [4.78, 5) is 4.67. The first kappa shape index (κ1) is 9.21. The molecule has 1 aromatic heterocycles. The van der Waals surface area contributed by atoms with Gasteiger partial charge in [0.2, 0.25) is 0 Å². The summed E-state index contributed by atoms with van der Waals surface area (Å²) in [5.74, 6) is 0. The Balaban J connectivity index is 2.41. The van der Waals surface area contributed by atoms with E-state index in [0.717, 1.165) is 11.3 Å². The Labute approximate surface area is 97.6 Å². The van der Waals surface area contributed by atoms with E-state index < -0.39 is 0 Å². The first-order chi connectivity index (χ1) is 6.25. The van der Waals surface area contributed by atoms with Gasteiger partial charge in [0.25, 0.3) is 4.80 Å². The predicted molar refractivity (Wildman–Crippen MR) is 62.4 cm³/mol. The van der Waals surface area contributed by atoms with Crippen LogP contribution in [0.25, 0.3) is 11.3 Å². The minimum Gasteiger partial charge on any atom is -0.439 e. The molecule has 1 aromatic carbocycles. The number of rotatable bonds is 1. The van der Waals surface area contributed by atoms with Crippen LogP contribution in [-0.2, 0) is 0 Å². The zero-order valence-corrected chi connectivity index (χ0v) is 10.2. The zero-order valence-electron chi connectivity index (χ0n) is 6.50. The second-order valence-corrected chi connectivity index (χ2v) is 4.42. The molecule has 0 atom stereocenters. The van der Waals surface area contributed by atoms with E-state index in [-0.39, 0.29) is 0 Å². The van der Waals surface area contributed by atoms with Gasteiger partial charge in [-0.1, -0.05) is 12.1 Å². The van der Waals surface area contributed by atoms with Gasteiger partial charge < -0.3 is 4.42 Å². The first-order valence-electron chi connectivity index (χ1n) is 3.63. The van der Waals surface area contributed by atoms with Crippen LogP contribution in [-0.4, -0.2) is 4.98 Å². The molecular formula is C9H5BrINO. The van der Waals surface area contributed by atoms with Gasteiger partial charge in [0.05, 0.1) is 0 Å². The van der Waals surface area contributed by atoms with E-state index in [4.69, 9.17) is 4.42 Å². The van der Waals surface area contributed by atoms with Crippen molar-refractivity contribution in [3.05, 3.63) is 38.9 Å². The lowest BCUT2D eigenvalue weighted by Crippen LogP contribution is -1.77. The lowest BCUT2D eigenvalue weighted by Gasteiger charge is -1.94. The van der Waals surface area contributed by atoms with Crippen LogP contribution in [0.1, 0.15) is 0 Å². The average Bonchev–Trinajstić information content (AvgIpc) is 2.53. The summed E-state index contributed by atoms with van der Waals surface area (Å²) in [6, 6.07) is 8.12. The first-order valence-corrected chi connectivity index (χ1v) is 5.50. The molecule has 0 fully saturated rings. The Morgan fingerprint density at radius 1 is 1.23 bits per heavy atom. The van der Waals surface area contributed by atoms with Crippen molar-refractivity contribution < 1.29 is 4.42 Å². The summed E-state index contributed by atoms with van der Waals surface area (Å²) in [7, 11) is 0. The van der Waals surface area contributed by atoms with E-state index in [1.807, 2.05) is 24.3 Å². The van der Waals surface area contributed by atoms with Gasteiger partial charge in [-0.2, -0.15) is 0 Å². The lowest BCUT2D eigenvalue weighted by atomic mass is 10.2. The maximum atomic E-state index is 5.05. The van der Waals surface area contributed by atoms with Crippen molar-refractivity contribution in [2.45, 2.75) is 0 Å². The molecule has 0 saturated carbocycles. The molecule has 0 unspecified atom stereocenters. The molecule has 2 rings (SSSR count). The Hall–Kier alpha value is -0.360. The van der Waals surface area contributed by atoms with Crippen molar-refractivity contribution >= 4 is 38.5 Å².